The van der Waals surface area contributed by atoms with Crippen LogP contribution in [0.3, 0.4) is 0 Å². The first-order valence-corrected chi connectivity index (χ1v) is 5.13. The van der Waals surface area contributed by atoms with E-state index < -0.39 is 5.82 Å². The maximum atomic E-state index is 13.3. The molecule has 0 aliphatic rings. The molecule has 5 heteroatoms. The van der Waals surface area contributed by atoms with Crippen LogP contribution in [0.1, 0.15) is 10.4 Å². The largest absolute Gasteiger partial charge is 0.328 e. The average Bonchev–Trinajstić information content (AvgIpc) is 2.33. The van der Waals surface area contributed by atoms with Crippen LogP contribution in [-0.2, 0) is 0 Å². The zero-order valence-corrected chi connectivity index (χ0v) is 9.29. The summed E-state index contributed by atoms with van der Waals surface area (Å²) in [5.41, 5.74) is 0.715. The monoisotopic (exact) mass is 251 g/mol. The summed E-state index contributed by atoms with van der Waals surface area (Å²) in [6, 6.07) is 5.08. The lowest BCUT2D eigenvalue weighted by Crippen LogP contribution is -2.01. The van der Waals surface area contributed by atoms with Gasteiger partial charge in [-0.2, -0.15) is 0 Å². The normalized spacial score (nSPS) is 10.2. The number of aromatic nitrogens is 1. The Labute approximate surface area is 101 Å². The first-order chi connectivity index (χ1) is 8.11. The molecule has 1 N–H and O–H groups in total. The van der Waals surface area contributed by atoms with Crippen LogP contribution in [-0.4, -0.2) is 11.3 Å². The topological polar surface area (TPSA) is 49.9 Å². The summed E-state index contributed by atoms with van der Waals surface area (Å²) < 4.78 is 13.3. The van der Waals surface area contributed by atoms with Crippen molar-refractivity contribution in [3.8, 4) is 11.1 Å². The van der Waals surface area contributed by atoms with Crippen molar-refractivity contribution in [1.82, 2.24) is 4.98 Å². The number of pyridine rings is 1. The third-order valence-corrected chi connectivity index (χ3v) is 2.71. The van der Waals surface area contributed by atoms with Crippen LogP contribution < -0.4 is 5.56 Å². The minimum Gasteiger partial charge on any atom is -0.328 e. The molecule has 0 spiro atoms. The van der Waals surface area contributed by atoms with Crippen molar-refractivity contribution in [1.29, 1.82) is 0 Å². The molecule has 2 rings (SSSR count). The van der Waals surface area contributed by atoms with E-state index in [9.17, 15) is 14.0 Å². The van der Waals surface area contributed by atoms with Gasteiger partial charge >= 0.3 is 0 Å². The van der Waals surface area contributed by atoms with Crippen LogP contribution in [0.5, 0.6) is 0 Å². The lowest BCUT2D eigenvalue weighted by Gasteiger charge is -2.06. The van der Waals surface area contributed by atoms with Crippen molar-refractivity contribution >= 4 is 17.9 Å². The molecule has 0 amide bonds. The maximum absolute atomic E-state index is 13.3. The van der Waals surface area contributed by atoms with Gasteiger partial charge in [0.05, 0.1) is 5.02 Å². The second kappa shape index (κ2) is 4.51. The van der Waals surface area contributed by atoms with E-state index in [4.69, 9.17) is 11.6 Å². The van der Waals surface area contributed by atoms with Crippen molar-refractivity contribution in [2.75, 3.05) is 0 Å². The van der Waals surface area contributed by atoms with Gasteiger partial charge in [-0.3, -0.25) is 9.59 Å². The number of carbonyl (C=O) groups is 1. The molecule has 0 saturated heterocycles. The van der Waals surface area contributed by atoms with Gasteiger partial charge in [0.25, 0.3) is 0 Å². The van der Waals surface area contributed by atoms with Gasteiger partial charge in [-0.25, -0.2) is 4.39 Å². The van der Waals surface area contributed by atoms with Crippen LogP contribution in [0, 0.1) is 5.82 Å². The van der Waals surface area contributed by atoms with E-state index in [1.54, 1.807) is 0 Å². The lowest BCUT2D eigenvalue weighted by molar-refractivity contribution is 0.112. The van der Waals surface area contributed by atoms with Crippen LogP contribution in [0.25, 0.3) is 11.1 Å². The number of halogens is 2. The van der Waals surface area contributed by atoms with Crippen LogP contribution in [0.2, 0.25) is 5.02 Å². The quantitative estimate of drug-likeness (QED) is 0.834. The Morgan fingerprint density at radius 3 is 2.65 bits per heavy atom. The summed E-state index contributed by atoms with van der Waals surface area (Å²) >= 11 is 5.97. The molecule has 2 aromatic rings. The molecule has 0 aliphatic carbocycles. The predicted molar refractivity (Wildman–Crippen MR) is 62.9 cm³/mol. The number of H-pyrrole nitrogens is 1. The third-order valence-electron chi connectivity index (χ3n) is 2.29. The fourth-order valence-electron chi connectivity index (χ4n) is 1.48. The van der Waals surface area contributed by atoms with E-state index in [0.717, 1.165) is 6.07 Å². The molecule has 86 valence electrons. The molecule has 0 saturated carbocycles. The Hall–Kier alpha value is -1.94. The summed E-state index contributed by atoms with van der Waals surface area (Å²) in [4.78, 5) is 24.1. The van der Waals surface area contributed by atoms with E-state index in [0.29, 0.717) is 17.4 Å². The maximum Gasteiger partial charge on any atom is 0.247 e. The molecular weight excluding hydrogens is 245 g/mol. The molecule has 0 fully saturated rings. The molecule has 0 atom stereocenters. The number of benzene rings is 1. The minimum absolute atomic E-state index is 0.0767. The number of nitrogens with one attached hydrogen (secondary N) is 1. The Kier molecular flexibility index (Phi) is 3.06. The second-order valence-electron chi connectivity index (χ2n) is 3.42. The number of hydrogen-bond donors (Lipinski definition) is 1. The molecule has 1 heterocycles. The summed E-state index contributed by atoms with van der Waals surface area (Å²) in [5.74, 6) is -0.558. The SMILES string of the molecule is O=Cc1cc(F)cc(-c2ccc(=O)[nH]c2)c1Cl. The van der Waals surface area contributed by atoms with Gasteiger partial charge in [0.2, 0.25) is 5.56 Å². The number of carbonyl (C=O) groups excluding carboxylic acids is 1. The Morgan fingerprint density at radius 2 is 2.06 bits per heavy atom. The summed E-state index contributed by atoms with van der Waals surface area (Å²) in [6.45, 7) is 0. The van der Waals surface area contributed by atoms with Gasteiger partial charge in [-0.05, 0) is 23.8 Å². The van der Waals surface area contributed by atoms with E-state index in [1.807, 2.05) is 0 Å². The number of aldehydes is 1. The van der Waals surface area contributed by atoms with Gasteiger partial charge in [-0.1, -0.05) is 11.6 Å². The van der Waals surface area contributed by atoms with Gasteiger partial charge in [0.1, 0.15) is 5.82 Å². The first-order valence-electron chi connectivity index (χ1n) is 4.75. The smallest absolute Gasteiger partial charge is 0.247 e. The molecular formula is C12H7ClFNO2. The first kappa shape index (κ1) is 11.5. The molecule has 1 aromatic carbocycles. The number of hydrogen-bond acceptors (Lipinski definition) is 2. The van der Waals surface area contributed by atoms with Gasteiger partial charge < -0.3 is 4.98 Å². The van der Waals surface area contributed by atoms with Crippen molar-refractivity contribution in [2.24, 2.45) is 0 Å². The fraction of sp³-hybridized carbons (Fsp3) is 0. The molecule has 1 aromatic heterocycles. The highest BCUT2D eigenvalue weighted by molar-refractivity contribution is 6.35. The molecule has 0 radical (unpaired) electrons. The van der Waals surface area contributed by atoms with Crippen LogP contribution >= 0.6 is 11.6 Å². The second-order valence-corrected chi connectivity index (χ2v) is 3.79. The molecule has 0 bridgehead atoms. The predicted octanol–water partition coefficient (Wildman–Crippen LogP) is 2.65. The Bertz CT molecular complexity index is 616. The van der Waals surface area contributed by atoms with Crippen molar-refractivity contribution in [2.45, 2.75) is 0 Å². The van der Waals surface area contributed by atoms with E-state index >= 15 is 0 Å². The van der Waals surface area contributed by atoms with Crippen molar-refractivity contribution in [3.63, 3.8) is 0 Å². The van der Waals surface area contributed by atoms with E-state index in [-0.39, 0.29) is 16.1 Å². The third kappa shape index (κ3) is 2.26. The highest BCUT2D eigenvalue weighted by Crippen LogP contribution is 2.30. The van der Waals surface area contributed by atoms with Crippen LogP contribution in [0.15, 0.2) is 35.3 Å². The van der Waals surface area contributed by atoms with Crippen LogP contribution in [0.4, 0.5) is 4.39 Å². The lowest BCUT2D eigenvalue weighted by atomic mass is 10.0. The molecule has 0 unspecified atom stereocenters. The van der Waals surface area contributed by atoms with Gasteiger partial charge in [0.15, 0.2) is 6.29 Å². The average molecular weight is 252 g/mol. The molecule has 0 aliphatic heterocycles. The minimum atomic E-state index is -0.558. The zero-order chi connectivity index (χ0) is 12.4. The highest BCUT2D eigenvalue weighted by Gasteiger charge is 2.10. The molecule has 3 nitrogen and oxygen atoms in total. The Morgan fingerprint density at radius 1 is 1.29 bits per heavy atom. The highest BCUT2D eigenvalue weighted by atomic mass is 35.5. The van der Waals surface area contributed by atoms with Gasteiger partial charge in [0, 0.05) is 23.4 Å². The summed E-state index contributed by atoms with van der Waals surface area (Å²) in [7, 11) is 0. The standard InChI is InChI=1S/C12H7ClFNO2/c13-12-8(6-16)3-9(14)4-10(12)7-1-2-11(17)15-5-7/h1-6H,(H,15,17). The van der Waals surface area contributed by atoms with Crippen molar-refractivity contribution < 1.29 is 9.18 Å². The van der Waals surface area contributed by atoms with Gasteiger partial charge in [-0.15, -0.1) is 0 Å². The fourth-order valence-corrected chi connectivity index (χ4v) is 1.75. The number of rotatable bonds is 2. The zero-order valence-electron chi connectivity index (χ0n) is 8.54. The number of aromatic amines is 1. The molecule has 17 heavy (non-hydrogen) atoms. The summed E-state index contributed by atoms with van der Waals surface area (Å²) in [5, 5.41) is 0.161. The van der Waals surface area contributed by atoms with E-state index in [1.165, 1.54) is 24.4 Å². The summed E-state index contributed by atoms with van der Waals surface area (Å²) in [6.07, 6.45) is 1.90. The van der Waals surface area contributed by atoms with E-state index in [2.05, 4.69) is 4.98 Å². The van der Waals surface area contributed by atoms with Crippen molar-refractivity contribution in [3.05, 3.63) is 57.2 Å². The Balaban J connectivity index is 2.66.